The number of nitrogens with one attached hydrogen (secondary N) is 1. The van der Waals surface area contributed by atoms with Gasteiger partial charge in [0, 0.05) is 31.7 Å². The van der Waals surface area contributed by atoms with Crippen molar-refractivity contribution >= 4 is 0 Å². The Kier molecular flexibility index (Phi) is 4.01. The lowest BCUT2D eigenvalue weighted by molar-refractivity contribution is 0.327. The summed E-state index contributed by atoms with van der Waals surface area (Å²) in [5.74, 6) is 0. The third-order valence-electron chi connectivity index (χ3n) is 2.48. The molecule has 1 aromatic rings. The molecular formula is C11H19N3. The summed E-state index contributed by atoms with van der Waals surface area (Å²) >= 11 is 0. The third kappa shape index (κ3) is 3.83. The van der Waals surface area contributed by atoms with Gasteiger partial charge in [-0.1, -0.05) is 20.8 Å². The molecule has 0 unspecified atom stereocenters. The van der Waals surface area contributed by atoms with Crippen LogP contribution in [-0.4, -0.2) is 16.5 Å². The first-order valence-electron chi connectivity index (χ1n) is 5.10. The maximum atomic E-state index is 4.20. The van der Waals surface area contributed by atoms with E-state index in [-0.39, 0.29) is 0 Å². The fourth-order valence-electron chi connectivity index (χ4n) is 1.08. The molecule has 0 bridgehead atoms. The average molecular weight is 193 g/mol. The predicted molar refractivity (Wildman–Crippen MR) is 57.8 cm³/mol. The summed E-state index contributed by atoms with van der Waals surface area (Å²) in [6.07, 6.45) is 6.40. The van der Waals surface area contributed by atoms with Gasteiger partial charge in [0.05, 0.1) is 5.69 Å². The van der Waals surface area contributed by atoms with Gasteiger partial charge >= 0.3 is 0 Å². The molecule has 3 heteroatoms. The first-order valence-corrected chi connectivity index (χ1v) is 5.10. The molecule has 1 aromatic heterocycles. The van der Waals surface area contributed by atoms with Crippen molar-refractivity contribution in [3.05, 3.63) is 24.3 Å². The van der Waals surface area contributed by atoms with Crippen molar-refractivity contribution in [2.24, 2.45) is 5.41 Å². The molecular weight excluding hydrogens is 174 g/mol. The number of nitrogens with zero attached hydrogens (tertiary/aromatic N) is 2. The van der Waals surface area contributed by atoms with E-state index in [2.05, 4.69) is 36.1 Å². The van der Waals surface area contributed by atoms with Crippen LogP contribution in [0.3, 0.4) is 0 Å². The Hall–Kier alpha value is -0.960. The van der Waals surface area contributed by atoms with E-state index < -0.39 is 0 Å². The van der Waals surface area contributed by atoms with E-state index in [1.165, 1.54) is 6.42 Å². The topological polar surface area (TPSA) is 37.8 Å². The fourth-order valence-corrected chi connectivity index (χ4v) is 1.08. The molecule has 0 spiro atoms. The highest BCUT2D eigenvalue weighted by Gasteiger charge is 2.13. The van der Waals surface area contributed by atoms with Gasteiger partial charge in [0.2, 0.25) is 0 Å². The largest absolute Gasteiger partial charge is 0.311 e. The van der Waals surface area contributed by atoms with Gasteiger partial charge in [-0.3, -0.25) is 9.97 Å². The van der Waals surface area contributed by atoms with Crippen molar-refractivity contribution in [1.82, 2.24) is 15.3 Å². The van der Waals surface area contributed by atoms with Gasteiger partial charge < -0.3 is 5.32 Å². The quantitative estimate of drug-likeness (QED) is 0.777. The Morgan fingerprint density at radius 3 is 2.71 bits per heavy atom. The summed E-state index contributed by atoms with van der Waals surface area (Å²) in [5, 5.41) is 3.39. The monoisotopic (exact) mass is 193 g/mol. The average Bonchev–Trinajstić information content (AvgIpc) is 2.19. The first-order chi connectivity index (χ1) is 6.64. The van der Waals surface area contributed by atoms with Crippen LogP contribution in [0.4, 0.5) is 0 Å². The number of hydrogen-bond donors (Lipinski definition) is 1. The van der Waals surface area contributed by atoms with Crippen LogP contribution in [0.5, 0.6) is 0 Å². The number of hydrogen-bond acceptors (Lipinski definition) is 3. The van der Waals surface area contributed by atoms with Crippen molar-refractivity contribution < 1.29 is 0 Å². The highest BCUT2D eigenvalue weighted by atomic mass is 14.9. The van der Waals surface area contributed by atoms with Crippen LogP contribution >= 0.6 is 0 Å². The Balaban J connectivity index is 2.29. The molecule has 0 saturated heterocycles. The zero-order valence-corrected chi connectivity index (χ0v) is 9.25. The van der Waals surface area contributed by atoms with Crippen LogP contribution in [0.25, 0.3) is 0 Å². The van der Waals surface area contributed by atoms with Gasteiger partial charge in [-0.25, -0.2) is 0 Å². The van der Waals surface area contributed by atoms with Gasteiger partial charge in [-0.05, 0) is 11.8 Å². The maximum absolute atomic E-state index is 4.20. The van der Waals surface area contributed by atoms with Crippen LogP contribution in [0, 0.1) is 5.41 Å². The first kappa shape index (κ1) is 11.1. The van der Waals surface area contributed by atoms with E-state index >= 15 is 0 Å². The molecule has 1 heterocycles. The van der Waals surface area contributed by atoms with Gasteiger partial charge in [-0.15, -0.1) is 0 Å². The second-order valence-electron chi connectivity index (χ2n) is 4.32. The molecule has 1 N–H and O–H groups in total. The molecule has 1 rings (SSSR count). The lowest BCUT2D eigenvalue weighted by Crippen LogP contribution is -2.28. The molecule has 0 radical (unpaired) electrons. The molecule has 0 fully saturated rings. The minimum atomic E-state index is 0.363. The van der Waals surface area contributed by atoms with Gasteiger partial charge in [0.15, 0.2) is 0 Å². The third-order valence-corrected chi connectivity index (χ3v) is 2.48. The van der Waals surface area contributed by atoms with E-state index in [9.17, 15) is 0 Å². The molecule has 3 nitrogen and oxygen atoms in total. The van der Waals surface area contributed by atoms with Gasteiger partial charge in [0.1, 0.15) is 0 Å². The standard InChI is InChI=1S/C11H19N3/c1-4-11(2,3)9-13-8-10-7-12-5-6-14-10/h5-7,13H,4,8-9H2,1-3H3. The molecule has 0 saturated carbocycles. The summed E-state index contributed by atoms with van der Waals surface area (Å²) in [4.78, 5) is 8.22. The zero-order chi connectivity index (χ0) is 10.4. The lowest BCUT2D eigenvalue weighted by Gasteiger charge is -2.22. The van der Waals surface area contributed by atoms with Crippen LogP contribution in [0.2, 0.25) is 0 Å². The predicted octanol–water partition coefficient (Wildman–Crippen LogP) is 2.00. The van der Waals surface area contributed by atoms with E-state index in [1.54, 1.807) is 18.6 Å². The summed E-state index contributed by atoms with van der Waals surface area (Å²) in [5.41, 5.74) is 1.36. The normalized spacial score (nSPS) is 11.6. The summed E-state index contributed by atoms with van der Waals surface area (Å²) < 4.78 is 0. The van der Waals surface area contributed by atoms with Gasteiger partial charge in [0.25, 0.3) is 0 Å². The van der Waals surface area contributed by atoms with E-state index in [4.69, 9.17) is 0 Å². The Labute approximate surface area is 86.0 Å². The Bertz CT molecular complexity index is 256. The Morgan fingerprint density at radius 1 is 1.36 bits per heavy atom. The number of rotatable bonds is 5. The summed E-state index contributed by atoms with van der Waals surface area (Å²) in [7, 11) is 0. The van der Waals surface area contributed by atoms with E-state index in [0.29, 0.717) is 5.41 Å². The van der Waals surface area contributed by atoms with Gasteiger partial charge in [-0.2, -0.15) is 0 Å². The van der Waals surface area contributed by atoms with Crippen molar-refractivity contribution in [2.45, 2.75) is 33.7 Å². The van der Waals surface area contributed by atoms with Crippen LogP contribution in [0.1, 0.15) is 32.9 Å². The molecule has 0 amide bonds. The van der Waals surface area contributed by atoms with Crippen molar-refractivity contribution in [2.75, 3.05) is 6.54 Å². The van der Waals surface area contributed by atoms with Crippen LogP contribution in [0.15, 0.2) is 18.6 Å². The maximum Gasteiger partial charge on any atom is 0.0724 e. The summed E-state index contributed by atoms with van der Waals surface area (Å²) in [6.45, 7) is 8.55. The SMILES string of the molecule is CCC(C)(C)CNCc1cnccn1. The highest BCUT2D eigenvalue weighted by Crippen LogP contribution is 2.17. The number of aromatic nitrogens is 2. The molecule has 0 aromatic carbocycles. The molecule has 0 aliphatic carbocycles. The summed E-state index contributed by atoms with van der Waals surface area (Å²) in [6, 6.07) is 0. The zero-order valence-electron chi connectivity index (χ0n) is 9.25. The smallest absolute Gasteiger partial charge is 0.0724 e. The van der Waals surface area contributed by atoms with Crippen LogP contribution in [-0.2, 0) is 6.54 Å². The van der Waals surface area contributed by atoms with E-state index in [0.717, 1.165) is 18.8 Å². The molecule has 0 aliphatic heterocycles. The Morgan fingerprint density at radius 2 is 2.14 bits per heavy atom. The van der Waals surface area contributed by atoms with Crippen molar-refractivity contribution in [3.8, 4) is 0 Å². The van der Waals surface area contributed by atoms with Crippen LogP contribution < -0.4 is 5.32 Å². The molecule has 0 atom stereocenters. The highest BCUT2D eigenvalue weighted by molar-refractivity contribution is 4.93. The second-order valence-corrected chi connectivity index (χ2v) is 4.32. The lowest BCUT2D eigenvalue weighted by atomic mass is 9.90. The molecule has 0 aliphatic rings. The molecule has 78 valence electrons. The minimum absolute atomic E-state index is 0.363. The van der Waals surface area contributed by atoms with Crippen molar-refractivity contribution in [3.63, 3.8) is 0 Å². The van der Waals surface area contributed by atoms with E-state index in [1.807, 2.05) is 0 Å². The second kappa shape index (κ2) is 5.05. The molecule has 14 heavy (non-hydrogen) atoms. The fraction of sp³-hybridized carbons (Fsp3) is 0.636. The minimum Gasteiger partial charge on any atom is -0.311 e. The van der Waals surface area contributed by atoms with Crippen molar-refractivity contribution in [1.29, 1.82) is 0 Å².